The summed E-state index contributed by atoms with van der Waals surface area (Å²) in [6.07, 6.45) is 4.80. The molecule has 8 heteroatoms. The van der Waals surface area contributed by atoms with Crippen LogP contribution in [-0.2, 0) is 23.9 Å². The van der Waals surface area contributed by atoms with Crippen LogP contribution in [0.1, 0.15) is 58.3 Å². The molecule has 0 amide bonds. The van der Waals surface area contributed by atoms with Crippen LogP contribution in [0.4, 0.5) is 0 Å². The second-order valence-electron chi connectivity index (χ2n) is 9.66. The normalized spacial score (nSPS) is 42.3. The fourth-order valence-electron chi connectivity index (χ4n) is 6.87. The first-order chi connectivity index (χ1) is 13.5. The van der Waals surface area contributed by atoms with Gasteiger partial charge in [0.15, 0.2) is 5.78 Å². The summed E-state index contributed by atoms with van der Waals surface area (Å²) in [6.45, 7) is 1.18. The molecule has 0 aromatic rings. The maximum Gasteiger partial charge on any atom is 0.264 e. The number of allylic oxidation sites excluding steroid dienone is 1. The highest BCUT2D eigenvalue weighted by atomic mass is 32.2. The zero-order valence-corrected chi connectivity index (χ0v) is 17.8. The number of aliphatic hydroxyl groups excluding tert-OH is 1. The van der Waals surface area contributed by atoms with Crippen molar-refractivity contribution in [1.82, 2.24) is 0 Å². The molecular formula is C21H30O7S. The third-order valence-electron chi connectivity index (χ3n) is 8.19. The number of carbonyl (C=O) groups is 2. The number of hydrogen-bond acceptors (Lipinski definition) is 7. The zero-order valence-electron chi connectivity index (χ0n) is 17.0. The maximum atomic E-state index is 12.8. The van der Waals surface area contributed by atoms with Crippen molar-refractivity contribution in [2.45, 2.75) is 70.0 Å². The largest absolute Gasteiger partial charge is 0.392 e. The third kappa shape index (κ3) is 3.32. The number of carbonyl (C=O) groups excluding carboxylic acids is 2. The number of fused-ring (bicyclic) bond motifs is 4. The average molecular weight is 427 g/mol. The van der Waals surface area contributed by atoms with E-state index in [1.54, 1.807) is 0 Å². The fourth-order valence-corrected chi connectivity index (χ4v) is 7.19. The molecule has 4 aliphatic carbocycles. The number of ketones is 2. The Morgan fingerprint density at radius 1 is 1.24 bits per heavy atom. The molecule has 2 fully saturated rings. The Balaban J connectivity index is 1.62. The molecule has 0 radical (unpaired) electrons. The van der Waals surface area contributed by atoms with Crippen LogP contribution in [0.25, 0.3) is 0 Å². The highest BCUT2D eigenvalue weighted by molar-refractivity contribution is 7.86. The second kappa shape index (κ2) is 6.97. The van der Waals surface area contributed by atoms with Crippen molar-refractivity contribution in [3.63, 3.8) is 0 Å². The Morgan fingerprint density at radius 2 is 1.97 bits per heavy atom. The second-order valence-corrected chi connectivity index (χ2v) is 11.3. The predicted molar refractivity (Wildman–Crippen MR) is 104 cm³/mol. The van der Waals surface area contributed by atoms with Gasteiger partial charge >= 0.3 is 0 Å². The summed E-state index contributed by atoms with van der Waals surface area (Å²) >= 11 is 0. The topological polar surface area (TPSA) is 118 Å². The fraction of sp³-hybridized carbons (Fsp3) is 0.810. The molecule has 6 unspecified atom stereocenters. The molecule has 0 saturated heterocycles. The van der Waals surface area contributed by atoms with Crippen LogP contribution < -0.4 is 0 Å². The summed E-state index contributed by atoms with van der Waals surface area (Å²) < 4.78 is 27.2. The molecule has 0 aromatic carbocycles. The zero-order chi connectivity index (χ0) is 21.2. The molecular weight excluding hydrogens is 396 g/mol. The van der Waals surface area contributed by atoms with E-state index in [2.05, 4.69) is 4.18 Å². The number of aliphatic hydroxyl groups is 2. The monoisotopic (exact) mass is 426 g/mol. The first-order valence-electron chi connectivity index (χ1n) is 10.5. The minimum absolute atomic E-state index is 0.00496. The summed E-state index contributed by atoms with van der Waals surface area (Å²) in [7, 11) is -3.79. The van der Waals surface area contributed by atoms with E-state index in [0.29, 0.717) is 25.7 Å². The van der Waals surface area contributed by atoms with E-state index in [0.717, 1.165) is 19.1 Å². The number of hydrogen-bond donors (Lipinski definition) is 2. The van der Waals surface area contributed by atoms with E-state index in [-0.39, 0.29) is 36.4 Å². The van der Waals surface area contributed by atoms with Gasteiger partial charge in [0.2, 0.25) is 0 Å². The SMILES string of the molecule is CC12CC(O)C3C4=C(CCC3C1CCC2(O)C(=O)COS(C)(=O)=O)CC(=O)CC4. The van der Waals surface area contributed by atoms with Gasteiger partial charge in [0.1, 0.15) is 18.0 Å². The van der Waals surface area contributed by atoms with Crippen molar-refractivity contribution in [2.75, 3.05) is 12.9 Å². The van der Waals surface area contributed by atoms with Crippen LogP contribution in [0.2, 0.25) is 0 Å². The van der Waals surface area contributed by atoms with Gasteiger partial charge in [0, 0.05) is 24.2 Å². The molecule has 0 aromatic heterocycles. The highest BCUT2D eigenvalue weighted by Gasteiger charge is 2.66. The van der Waals surface area contributed by atoms with Gasteiger partial charge in [-0.3, -0.25) is 13.8 Å². The van der Waals surface area contributed by atoms with Gasteiger partial charge < -0.3 is 10.2 Å². The molecule has 6 atom stereocenters. The van der Waals surface area contributed by atoms with Crippen LogP contribution in [0.3, 0.4) is 0 Å². The van der Waals surface area contributed by atoms with Crippen molar-refractivity contribution in [3.8, 4) is 0 Å². The smallest absolute Gasteiger partial charge is 0.264 e. The van der Waals surface area contributed by atoms with Crippen molar-refractivity contribution >= 4 is 21.7 Å². The highest BCUT2D eigenvalue weighted by Crippen LogP contribution is 2.64. The predicted octanol–water partition coefficient (Wildman–Crippen LogP) is 1.52. The summed E-state index contributed by atoms with van der Waals surface area (Å²) in [4.78, 5) is 24.7. The maximum absolute atomic E-state index is 12.8. The summed E-state index contributed by atoms with van der Waals surface area (Å²) in [5.41, 5.74) is -0.104. The van der Waals surface area contributed by atoms with Crippen LogP contribution in [0, 0.1) is 23.2 Å². The van der Waals surface area contributed by atoms with Crippen molar-refractivity contribution < 1.29 is 32.4 Å². The lowest BCUT2D eigenvalue weighted by Gasteiger charge is -2.55. The Hall–Kier alpha value is -1.09. The van der Waals surface area contributed by atoms with Gasteiger partial charge in [-0.25, -0.2) is 0 Å². The molecule has 0 bridgehead atoms. The minimum Gasteiger partial charge on any atom is -0.392 e. The van der Waals surface area contributed by atoms with Crippen LogP contribution in [0.5, 0.6) is 0 Å². The van der Waals surface area contributed by atoms with E-state index >= 15 is 0 Å². The summed E-state index contributed by atoms with van der Waals surface area (Å²) in [5, 5.41) is 22.5. The Morgan fingerprint density at radius 3 is 2.66 bits per heavy atom. The van der Waals surface area contributed by atoms with Crippen LogP contribution in [-0.4, -0.2) is 54.8 Å². The molecule has 4 rings (SSSR count). The van der Waals surface area contributed by atoms with Crippen molar-refractivity contribution in [1.29, 1.82) is 0 Å². The van der Waals surface area contributed by atoms with E-state index in [1.807, 2.05) is 6.92 Å². The van der Waals surface area contributed by atoms with Crippen molar-refractivity contribution in [3.05, 3.63) is 11.1 Å². The van der Waals surface area contributed by atoms with E-state index in [1.165, 1.54) is 11.1 Å². The molecule has 2 N–H and O–H groups in total. The van der Waals surface area contributed by atoms with E-state index < -0.39 is 39.6 Å². The van der Waals surface area contributed by atoms with Crippen LogP contribution >= 0.6 is 0 Å². The molecule has 2 saturated carbocycles. The molecule has 7 nitrogen and oxygen atoms in total. The number of rotatable bonds is 4. The molecule has 0 aliphatic heterocycles. The summed E-state index contributed by atoms with van der Waals surface area (Å²) in [5.74, 6) is -0.139. The van der Waals surface area contributed by atoms with Crippen molar-refractivity contribution in [2.24, 2.45) is 23.2 Å². The molecule has 162 valence electrons. The minimum atomic E-state index is -3.79. The molecule has 4 aliphatic rings. The van der Waals surface area contributed by atoms with Gasteiger partial charge in [0.05, 0.1) is 12.4 Å². The Bertz CT molecular complexity index is 875. The van der Waals surface area contributed by atoms with Crippen LogP contribution in [0.15, 0.2) is 11.1 Å². The summed E-state index contributed by atoms with van der Waals surface area (Å²) in [6, 6.07) is 0. The molecule has 0 spiro atoms. The van der Waals surface area contributed by atoms with Gasteiger partial charge in [-0.2, -0.15) is 8.42 Å². The molecule has 0 heterocycles. The Labute approximate surface area is 171 Å². The van der Waals surface area contributed by atoms with Gasteiger partial charge in [0.25, 0.3) is 10.1 Å². The molecule has 29 heavy (non-hydrogen) atoms. The standard InChI is InChI=1S/C21H30O7S/c1-20-10-17(23)19-14-6-4-13(22)9-12(14)3-5-15(19)16(20)7-8-21(20,25)18(24)11-28-29(2,26)27/h15-17,19,23,25H,3-11H2,1-2H3. The Kier molecular flexibility index (Phi) is 5.08. The lowest BCUT2D eigenvalue weighted by atomic mass is 9.51. The van der Waals surface area contributed by atoms with Gasteiger partial charge in [-0.1, -0.05) is 18.1 Å². The van der Waals surface area contributed by atoms with Gasteiger partial charge in [-0.05, 0) is 50.4 Å². The first kappa shape index (κ1) is 21.2. The third-order valence-corrected chi connectivity index (χ3v) is 8.74. The number of Topliss-reactive ketones (excluding diaryl/α,β-unsaturated/α-hetero) is 2. The van der Waals surface area contributed by atoms with E-state index in [9.17, 15) is 28.2 Å². The lowest BCUT2D eigenvalue weighted by molar-refractivity contribution is -0.169. The van der Waals surface area contributed by atoms with Gasteiger partial charge in [-0.15, -0.1) is 0 Å². The average Bonchev–Trinajstić information content (AvgIpc) is 2.90. The first-order valence-corrected chi connectivity index (χ1v) is 12.3. The quantitative estimate of drug-likeness (QED) is 0.517. The van der Waals surface area contributed by atoms with E-state index in [4.69, 9.17) is 0 Å². The lowest BCUT2D eigenvalue weighted by Crippen LogP contribution is -2.59.